The first-order chi connectivity index (χ1) is 7.96. The van der Waals surface area contributed by atoms with Gasteiger partial charge < -0.3 is 4.74 Å². The van der Waals surface area contributed by atoms with Gasteiger partial charge in [-0.25, -0.2) is 0 Å². The van der Waals surface area contributed by atoms with Gasteiger partial charge in [-0.05, 0) is 25.1 Å². The highest BCUT2D eigenvalue weighted by atomic mass is 19.4. The molecule has 0 unspecified atom stereocenters. The van der Waals surface area contributed by atoms with Crippen LogP contribution in [-0.2, 0) is 0 Å². The average Bonchev–Trinajstić information content (AvgIpc) is 2.61. The van der Waals surface area contributed by atoms with Crippen LogP contribution in [0.5, 0.6) is 5.75 Å². The summed E-state index contributed by atoms with van der Waals surface area (Å²) in [5, 5.41) is 7.20. The van der Waals surface area contributed by atoms with Crippen LogP contribution < -0.4 is 4.74 Å². The number of nitrogens with one attached hydrogen (secondary N) is 1. The van der Waals surface area contributed by atoms with E-state index in [1.54, 1.807) is 6.92 Å². The number of aromatic amines is 1. The highest BCUT2D eigenvalue weighted by molar-refractivity contribution is 5.82. The molecule has 3 nitrogen and oxygen atoms in total. The topological polar surface area (TPSA) is 37.9 Å². The zero-order valence-electron chi connectivity index (χ0n) is 9.72. The number of aryl methyl sites for hydroxylation is 1. The number of halogens is 3. The molecule has 6 heteroatoms. The molecule has 0 bridgehead atoms. The highest BCUT2D eigenvalue weighted by Gasteiger charge is 2.31. The number of aromatic nitrogens is 2. The summed E-state index contributed by atoms with van der Waals surface area (Å²) >= 11 is 0. The molecule has 0 fully saturated rings. The highest BCUT2D eigenvalue weighted by Crippen LogP contribution is 2.26. The van der Waals surface area contributed by atoms with Gasteiger partial charge in [0, 0.05) is 11.1 Å². The van der Waals surface area contributed by atoms with Gasteiger partial charge in [0.2, 0.25) is 0 Å². The Labute approximate surface area is 96.6 Å². The maximum atomic E-state index is 11.9. The van der Waals surface area contributed by atoms with Crippen molar-refractivity contribution in [1.82, 2.24) is 10.2 Å². The normalized spacial score (nSPS) is 10.9. The van der Waals surface area contributed by atoms with Crippen molar-refractivity contribution in [3.8, 4) is 5.75 Å². The molecule has 94 valence electrons. The largest absolute Gasteiger partial charge is 0.573 e. The zero-order valence-corrected chi connectivity index (χ0v) is 9.72. The van der Waals surface area contributed by atoms with Crippen LogP contribution in [0.1, 0.15) is 19.5 Å². The first-order valence-electron chi connectivity index (χ1n) is 5.16. The van der Waals surface area contributed by atoms with Gasteiger partial charge in [-0.15, -0.1) is 13.2 Å². The van der Waals surface area contributed by atoms with Gasteiger partial charge >= 0.3 is 6.36 Å². The average molecular weight is 246 g/mol. The summed E-state index contributed by atoms with van der Waals surface area (Å²) in [5.41, 5.74) is 1.32. The van der Waals surface area contributed by atoms with Gasteiger partial charge in [0.1, 0.15) is 5.75 Å². The van der Waals surface area contributed by atoms with Crippen LogP contribution in [0.4, 0.5) is 13.2 Å². The van der Waals surface area contributed by atoms with E-state index in [4.69, 9.17) is 0 Å². The lowest BCUT2D eigenvalue weighted by Crippen LogP contribution is -2.16. The third-order valence-corrected chi connectivity index (χ3v) is 1.95. The lowest BCUT2D eigenvalue weighted by atomic mass is 10.2. The monoisotopic (exact) mass is 246 g/mol. The van der Waals surface area contributed by atoms with E-state index in [0.29, 0.717) is 16.6 Å². The number of rotatable bonds is 1. The van der Waals surface area contributed by atoms with Gasteiger partial charge in [-0.2, -0.15) is 5.10 Å². The molecule has 0 aliphatic rings. The third-order valence-electron chi connectivity index (χ3n) is 1.95. The summed E-state index contributed by atoms with van der Waals surface area (Å²) in [7, 11) is 0. The molecule has 2 rings (SSSR count). The zero-order chi connectivity index (χ0) is 13.1. The second-order valence-electron chi connectivity index (χ2n) is 3.08. The van der Waals surface area contributed by atoms with Gasteiger partial charge in [0.15, 0.2) is 0 Å². The minimum Gasteiger partial charge on any atom is -0.406 e. The minimum atomic E-state index is -4.66. The number of H-pyrrole nitrogens is 1. The van der Waals surface area contributed by atoms with E-state index in [9.17, 15) is 13.2 Å². The van der Waals surface area contributed by atoms with Crippen LogP contribution in [0, 0.1) is 6.92 Å². The van der Waals surface area contributed by atoms with Crippen molar-refractivity contribution in [2.45, 2.75) is 27.1 Å². The molecule has 0 saturated heterocycles. The van der Waals surface area contributed by atoms with Crippen LogP contribution >= 0.6 is 0 Å². The molecule has 1 heterocycles. The molecule has 0 spiro atoms. The van der Waals surface area contributed by atoms with Crippen molar-refractivity contribution in [3.05, 3.63) is 23.9 Å². The van der Waals surface area contributed by atoms with E-state index < -0.39 is 6.36 Å². The first kappa shape index (κ1) is 13.3. The Kier molecular flexibility index (Phi) is 3.98. The number of hydrogen-bond acceptors (Lipinski definition) is 2. The Morgan fingerprint density at radius 1 is 1.24 bits per heavy atom. The lowest BCUT2D eigenvalue weighted by Gasteiger charge is -2.08. The molecule has 1 aromatic carbocycles. The first-order valence-corrected chi connectivity index (χ1v) is 5.16. The number of nitrogens with zero attached hydrogens (tertiary/aromatic N) is 1. The van der Waals surface area contributed by atoms with E-state index in [0.717, 1.165) is 0 Å². The van der Waals surface area contributed by atoms with E-state index in [1.807, 2.05) is 13.8 Å². The molecule has 2 aromatic rings. The molecule has 0 radical (unpaired) electrons. The third kappa shape index (κ3) is 3.37. The summed E-state index contributed by atoms with van der Waals surface area (Å²) in [5.74, 6) is -0.237. The molecular weight excluding hydrogens is 233 g/mol. The summed E-state index contributed by atoms with van der Waals surface area (Å²) in [4.78, 5) is 0. The minimum absolute atomic E-state index is 0.237. The van der Waals surface area contributed by atoms with Gasteiger partial charge in [0.05, 0.1) is 5.52 Å². The Morgan fingerprint density at radius 3 is 2.47 bits per heavy atom. The summed E-state index contributed by atoms with van der Waals surface area (Å²) in [6.07, 6.45) is -4.66. The van der Waals surface area contributed by atoms with Crippen LogP contribution in [0.2, 0.25) is 0 Å². The van der Waals surface area contributed by atoms with E-state index in [2.05, 4.69) is 14.9 Å². The Hall–Kier alpha value is -1.72. The van der Waals surface area contributed by atoms with Crippen molar-refractivity contribution in [1.29, 1.82) is 0 Å². The molecule has 0 atom stereocenters. The fourth-order valence-electron chi connectivity index (χ4n) is 1.31. The number of benzene rings is 1. The van der Waals surface area contributed by atoms with Crippen molar-refractivity contribution >= 4 is 10.9 Å². The maximum absolute atomic E-state index is 11.9. The second kappa shape index (κ2) is 5.07. The fourth-order valence-corrected chi connectivity index (χ4v) is 1.31. The predicted octanol–water partition coefficient (Wildman–Crippen LogP) is 3.80. The molecule has 1 N–H and O–H groups in total. The van der Waals surface area contributed by atoms with E-state index in [1.165, 1.54) is 18.2 Å². The number of alkyl halides is 3. The van der Waals surface area contributed by atoms with E-state index >= 15 is 0 Å². The van der Waals surface area contributed by atoms with Crippen LogP contribution in [0.25, 0.3) is 10.9 Å². The molecule has 0 aliphatic carbocycles. The number of hydrogen-bond donors (Lipinski definition) is 1. The number of ether oxygens (including phenoxy) is 1. The molecule has 17 heavy (non-hydrogen) atoms. The Bertz CT molecular complexity index is 491. The summed E-state index contributed by atoms with van der Waals surface area (Å²) in [6, 6.07) is 4.01. The SMILES string of the molecule is CC.Cc1[nH]nc2ccc(OC(F)(F)F)cc12. The fraction of sp³-hybridized carbons (Fsp3) is 0.364. The van der Waals surface area contributed by atoms with Crippen molar-refractivity contribution in [2.24, 2.45) is 0 Å². The summed E-state index contributed by atoms with van der Waals surface area (Å²) < 4.78 is 39.6. The predicted molar refractivity (Wildman–Crippen MR) is 58.9 cm³/mol. The molecule has 0 saturated carbocycles. The van der Waals surface area contributed by atoms with Gasteiger partial charge in [-0.3, -0.25) is 5.10 Å². The smallest absolute Gasteiger partial charge is 0.406 e. The standard InChI is InChI=1S/C9H7F3N2O.C2H6/c1-5-7-4-6(15-9(10,11)12)2-3-8(7)14-13-5;1-2/h2-4H,1H3,(H,13,14);1-2H3. The van der Waals surface area contributed by atoms with Crippen molar-refractivity contribution < 1.29 is 17.9 Å². The van der Waals surface area contributed by atoms with Crippen LogP contribution in [-0.4, -0.2) is 16.6 Å². The Morgan fingerprint density at radius 2 is 1.88 bits per heavy atom. The van der Waals surface area contributed by atoms with Gasteiger partial charge in [-0.1, -0.05) is 13.8 Å². The number of fused-ring (bicyclic) bond motifs is 1. The van der Waals surface area contributed by atoms with Gasteiger partial charge in [0.25, 0.3) is 0 Å². The quantitative estimate of drug-likeness (QED) is 0.831. The maximum Gasteiger partial charge on any atom is 0.573 e. The van der Waals surface area contributed by atoms with E-state index in [-0.39, 0.29) is 5.75 Å². The van der Waals surface area contributed by atoms with Crippen molar-refractivity contribution in [2.75, 3.05) is 0 Å². The Balaban J connectivity index is 0.000000686. The molecular formula is C11H13F3N2O. The second-order valence-corrected chi connectivity index (χ2v) is 3.08. The summed E-state index contributed by atoms with van der Waals surface area (Å²) in [6.45, 7) is 5.73. The lowest BCUT2D eigenvalue weighted by molar-refractivity contribution is -0.274. The van der Waals surface area contributed by atoms with Crippen LogP contribution in [0.3, 0.4) is 0 Å². The van der Waals surface area contributed by atoms with Crippen LogP contribution in [0.15, 0.2) is 18.2 Å². The molecule has 0 amide bonds. The molecule has 0 aliphatic heterocycles. The van der Waals surface area contributed by atoms with Crippen molar-refractivity contribution in [3.63, 3.8) is 0 Å². The molecule has 1 aromatic heterocycles.